The van der Waals surface area contributed by atoms with E-state index < -0.39 is 0 Å². The Kier molecular flexibility index (Phi) is 3.68. The Hall–Kier alpha value is -1.88. The van der Waals surface area contributed by atoms with Crippen LogP contribution in [0.15, 0.2) is 46.9 Å². The Morgan fingerprint density at radius 3 is 2.67 bits per heavy atom. The van der Waals surface area contributed by atoms with Gasteiger partial charge in [0.15, 0.2) is 0 Å². The molecule has 3 aromatic rings. The van der Waals surface area contributed by atoms with E-state index >= 15 is 0 Å². The summed E-state index contributed by atoms with van der Waals surface area (Å²) in [5.74, 6) is 0.278. The number of anilines is 1. The number of rotatable bonds is 3. The molecule has 0 radical (unpaired) electrons. The summed E-state index contributed by atoms with van der Waals surface area (Å²) in [4.78, 5) is 4.39. The first kappa shape index (κ1) is 14.1. The predicted octanol–water partition coefficient (Wildman–Crippen LogP) is 4.32. The van der Waals surface area contributed by atoms with Gasteiger partial charge in [-0.2, -0.15) is 0 Å². The molecule has 0 spiro atoms. The molecule has 3 nitrogen and oxygen atoms in total. The van der Waals surface area contributed by atoms with Gasteiger partial charge in [0.2, 0.25) is 5.95 Å². The highest BCUT2D eigenvalue weighted by molar-refractivity contribution is 9.10. The molecule has 0 saturated carbocycles. The molecule has 108 valence electrons. The van der Waals surface area contributed by atoms with E-state index in [1.807, 2.05) is 22.8 Å². The molecular formula is C16H15BrFN3. The highest BCUT2D eigenvalue weighted by Crippen LogP contribution is 2.27. The second-order valence-corrected chi connectivity index (χ2v) is 6.07. The normalized spacial score (nSPS) is 12.7. The molecule has 0 aliphatic carbocycles. The molecule has 1 heterocycles. The topological polar surface area (TPSA) is 43.8 Å². The van der Waals surface area contributed by atoms with Crippen molar-refractivity contribution in [3.05, 3.63) is 58.3 Å². The van der Waals surface area contributed by atoms with Crippen LogP contribution < -0.4 is 5.73 Å². The van der Waals surface area contributed by atoms with E-state index in [4.69, 9.17) is 5.73 Å². The van der Waals surface area contributed by atoms with Crippen LogP contribution in [0.4, 0.5) is 10.3 Å². The lowest BCUT2D eigenvalue weighted by molar-refractivity contribution is 0.565. The molecule has 5 heteroatoms. The van der Waals surface area contributed by atoms with Crippen LogP contribution in [-0.2, 0) is 6.42 Å². The van der Waals surface area contributed by atoms with Crippen molar-refractivity contribution in [3.63, 3.8) is 0 Å². The second kappa shape index (κ2) is 5.48. The van der Waals surface area contributed by atoms with Crippen LogP contribution >= 0.6 is 15.9 Å². The maximum atomic E-state index is 13.0. The van der Waals surface area contributed by atoms with Gasteiger partial charge in [0.1, 0.15) is 5.82 Å². The number of imidazole rings is 1. The Morgan fingerprint density at radius 2 is 1.95 bits per heavy atom. The minimum absolute atomic E-state index is 0.134. The maximum absolute atomic E-state index is 13.0. The van der Waals surface area contributed by atoms with Gasteiger partial charge in [0, 0.05) is 10.5 Å². The molecular weight excluding hydrogens is 333 g/mol. The second-order valence-electron chi connectivity index (χ2n) is 5.15. The first-order valence-corrected chi connectivity index (χ1v) is 7.51. The standard InChI is InChI=1S/C16H15BrFN3/c1-10(8-11-2-5-13(18)6-3-11)21-15-9-12(17)4-7-14(15)20-16(21)19/h2-7,9-10H,8H2,1H3,(H2,19,20). The number of fused-ring (bicyclic) bond motifs is 1. The van der Waals surface area contributed by atoms with E-state index in [9.17, 15) is 4.39 Å². The molecule has 3 rings (SSSR count). The number of halogens is 2. The van der Waals surface area contributed by atoms with Crippen molar-refractivity contribution < 1.29 is 4.39 Å². The third-order valence-electron chi connectivity index (χ3n) is 3.56. The number of nitrogens with zero attached hydrogens (tertiary/aromatic N) is 2. The summed E-state index contributed by atoms with van der Waals surface area (Å²) in [6.45, 7) is 2.09. The number of benzene rings is 2. The van der Waals surface area contributed by atoms with Gasteiger partial charge in [-0.1, -0.05) is 28.1 Å². The summed E-state index contributed by atoms with van der Waals surface area (Å²) in [6.07, 6.45) is 0.766. The van der Waals surface area contributed by atoms with Crippen molar-refractivity contribution in [2.45, 2.75) is 19.4 Å². The number of nitrogen functional groups attached to an aromatic ring is 1. The van der Waals surface area contributed by atoms with Crippen LogP contribution in [0.1, 0.15) is 18.5 Å². The lowest BCUT2D eigenvalue weighted by Crippen LogP contribution is -2.11. The minimum atomic E-state index is -0.220. The van der Waals surface area contributed by atoms with Crippen LogP contribution in [-0.4, -0.2) is 9.55 Å². The molecule has 1 atom stereocenters. The fourth-order valence-corrected chi connectivity index (χ4v) is 2.95. The molecule has 21 heavy (non-hydrogen) atoms. The monoisotopic (exact) mass is 347 g/mol. The number of nitrogens with two attached hydrogens (primary N) is 1. The zero-order valence-electron chi connectivity index (χ0n) is 11.6. The van der Waals surface area contributed by atoms with E-state index in [0.29, 0.717) is 5.95 Å². The summed E-state index contributed by atoms with van der Waals surface area (Å²) in [5.41, 5.74) is 9.00. The maximum Gasteiger partial charge on any atom is 0.201 e. The lowest BCUT2D eigenvalue weighted by atomic mass is 10.1. The number of aromatic nitrogens is 2. The molecule has 0 amide bonds. The zero-order valence-corrected chi connectivity index (χ0v) is 13.1. The van der Waals surface area contributed by atoms with Gasteiger partial charge in [0.25, 0.3) is 0 Å². The number of hydrogen-bond donors (Lipinski definition) is 1. The van der Waals surface area contributed by atoms with Gasteiger partial charge >= 0.3 is 0 Å². The first-order chi connectivity index (χ1) is 10.0. The molecule has 0 aliphatic heterocycles. The summed E-state index contributed by atoms with van der Waals surface area (Å²) in [5, 5.41) is 0. The third-order valence-corrected chi connectivity index (χ3v) is 4.06. The average Bonchev–Trinajstić information content (AvgIpc) is 2.76. The highest BCUT2D eigenvalue weighted by Gasteiger charge is 2.14. The molecule has 1 unspecified atom stereocenters. The van der Waals surface area contributed by atoms with Gasteiger partial charge in [-0.05, 0) is 49.2 Å². The van der Waals surface area contributed by atoms with Gasteiger partial charge in [-0.15, -0.1) is 0 Å². The molecule has 0 aliphatic rings. The third kappa shape index (κ3) is 2.78. The van der Waals surface area contributed by atoms with E-state index in [1.165, 1.54) is 12.1 Å². The smallest absolute Gasteiger partial charge is 0.201 e. The van der Waals surface area contributed by atoms with Gasteiger partial charge in [-0.25, -0.2) is 9.37 Å². The van der Waals surface area contributed by atoms with Crippen molar-refractivity contribution >= 4 is 32.9 Å². The van der Waals surface area contributed by atoms with E-state index in [0.717, 1.165) is 27.5 Å². The summed E-state index contributed by atoms with van der Waals surface area (Å²) >= 11 is 3.48. The van der Waals surface area contributed by atoms with Crippen LogP contribution in [0, 0.1) is 5.82 Å². The summed E-state index contributed by atoms with van der Waals surface area (Å²) < 4.78 is 16.0. The molecule has 1 aromatic heterocycles. The molecule has 0 fully saturated rings. The van der Waals surface area contributed by atoms with Gasteiger partial charge in [0.05, 0.1) is 11.0 Å². The molecule has 0 bridgehead atoms. The fraction of sp³-hybridized carbons (Fsp3) is 0.188. The van der Waals surface area contributed by atoms with Crippen molar-refractivity contribution in [1.29, 1.82) is 0 Å². The lowest BCUT2D eigenvalue weighted by Gasteiger charge is -2.16. The van der Waals surface area contributed by atoms with Crippen LogP contribution in [0.3, 0.4) is 0 Å². The van der Waals surface area contributed by atoms with Crippen molar-refractivity contribution in [1.82, 2.24) is 9.55 Å². The Morgan fingerprint density at radius 1 is 1.24 bits per heavy atom. The minimum Gasteiger partial charge on any atom is -0.369 e. The Balaban J connectivity index is 1.97. The highest BCUT2D eigenvalue weighted by atomic mass is 79.9. The average molecular weight is 348 g/mol. The Labute approximate surface area is 130 Å². The van der Waals surface area contributed by atoms with Crippen molar-refractivity contribution in [2.24, 2.45) is 0 Å². The van der Waals surface area contributed by atoms with Gasteiger partial charge in [-0.3, -0.25) is 0 Å². The largest absolute Gasteiger partial charge is 0.369 e. The van der Waals surface area contributed by atoms with Crippen LogP contribution in [0.25, 0.3) is 11.0 Å². The first-order valence-electron chi connectivity index (χ1n) is 6.72. The summed E-state index contributed by atoms with van der Waals surface area (Å²) in [7, 11) is 0. The predicted molar refractivity (Wildman–Crippen MR) is 86.7 cm³/mol. The summed E-state index contributed by atoms with van der Waals surface area (Å²) in [6, 6.07) is 12.6. The van der Waals surface area contributed by atoms with E-state index in [2.05, 4.69) is 27.8 Å². The Bertz CT molecular complexity index is 780. The molecule has 0 saturated heterocycles. The number of hydrogen-bond acceptors (Lipinski definition) is 2. The SMILES string of the molecule is CC(Cc1ccc(F)cc1)n1c(N)nc2ccc(Br)cc21. The zero-order chi connectivity index (χ0) is 15.0. The van der Waals surface area contributed by atoms with E-state index in [-0.39, 0.29) is 11.9 Å². The van der Waals surface area contributed by atoms with E-state index in [1.54, 1.807) is 12.1 Å². The van der Waals surface area contributed by atoms with Crippen LogP contribution in [0.2, 0.25) is 0 Å². The van der Waals surface area contributed by atoms with Crippen molar-refractivity contribution in [2.75, 3.05) is 5.73 Å². The quantitative estimate of drug-likeness (QED) is 0.766. The molecule has 2 N–H and O–H groups in total. The van der Waals surface area contributed by atoms with Crippen molar-refractivity contribution in [3.8, 4) is 0 Å². The molecule has 2 aromatic carbocycles. The van der Waals surface area contributed by atoms with Crippen LogP contribution in [0.5, 0.6) is 0 Å². The fourth-order valence-electron chi connectivity index (χ4n) is 2.60. The van der Waals surface area contributed by atoms with Gasteiger partial charge < -0.3 is 10.3 Å².